The molecule has 0 spiro atoms. The third kappa shape index (κ3) is 4.05. The molecule has 1 aromatic carbocycles. The van der Waals surface area contributed by atoms with Crippen molar-refractivity contribution in [2.75, 3.05) is 18.3 Å². The molecule has 1 aromatic heterocycles. The number of nitrogens with zero attached hydrogens (tertiary/aromatic N) is 2. The maximum atomic E-state index is 12.3. The van der Waals surface area contributed by atoms with Crippen LogP contribution in [0.3, 0.4) is 0 Å². The first-order chi connectivity index (χ1) is 10.0. The summed E-state index contributed by atoms with van der Waals surface area (Å²) in [5, 5.41) is 7.13. The van der Waals surface area contributed by atoms with Crippen molar-refractivity contribution in [2.45, 2.75) is 24.8 Å². The van der Waals surface area contributed by atoms with E-state index < -0.39 is 10.0 Å². The van der Waals surface area contributed by atoms with Crippen molar-refractivity contribution in [1.82, 2.24) is 15.1 Å². The van der Waals surface area contributed by atoms with Gasteiger partial charge in [0.05, 0.1) is 11.9 Å². The number of anilines is 1. The normalized spacial score (nSPS) is 11.5. The van der Waals surface area contributed by atoms with Crippen molar-refractivity contribution in [2.24, 2.45) is 0 Å². The molecule has 2 aromatic rings. The number of sulfonamides is 1. The van der Waals surface area contributed by atoms with Gasteiger partial charge in [0.15, 0.2) is 0 Å². The van der Waals surface area contributed by atoms with Gasteiger partial charge in [-0.05, 0) is 38.6 Å². The predicted molar refractivity (Wildman–Crippen MR) is 82.8 cm³/mol. The van der Waals surface area contributed by atoms with Crippen molar-refractivity contribution in [3.63, 3.8) is 0 Å². The van der Waals surface area contributed by atoms with Gasteiger partial charge in [0.1, 0.15) is 4.90 Å². The molecule has 2 rings (SSSR count). The lowest BCUT2D eigenvalue weighted by atomic mass is 10.2. The van der Waals surface area contributed by atoms with E-state index in [-0.39, 0.29) is 4.90 Å². The van der Waals surface area contributed by atoms with Gasteiger partial charge in [0.2, 0.25) is 0 Å². The van der Waals surface area contributed by atoms with Crippen molar-refractivity contribution in [3.8, 4) is 0 Å². The molecule has 0 saturated heterocycles. The minimum atomic E-state index is -3.59. The van der Waals surface area contributed by atoms with E-state index in [2.05, 4.69) is 15.1 Å². The summed E-state index contributed by atoms with van der Waals surface area (Å²) in [7, 11) is -1.71. The van der Waals surface area contributed by atoms with Crippen LogP contribution >= 0.6 is 0 Å². The number of aryl methyl sites for hydroxylation is 2. The van der Waals surface area contributed by atoms with E-state index in [9.17, 15) is 8.42 Å². The molecule has 0 aliphatic heterocycles. The minimum absolute atomic E-state index is 0.176. The maximum absolute atomic E-state index is 12.3. The molecule has 21 heavy (non-hydrogen) atoms. The van der Waals surface area contributed by atoms with Crippen LogP contribution in [0.4, 0.5) is 5.69 Å². The van der Waals surface area contributed by atoms with Gasteiger partial charge in [-0.3, -0.25) is 9.40 Å². The largest absolute Gasteiger partial charge is 0.320 e. The monoisotopic (exact) mass is 308 g/mol. The molecule has 2 N–H and O–H groups in total. The summed E-state index contributed by atoms with van der Waals surface area (Å²) in [6.07, 6.45) is 3.82. The molecule has 0 aliphatic rings. The van der Waals surface area contributed by atoms with Crippen LogP contribution in [0.15, 0.2) is 41.6 Å². The highest BCUT2D eigenvalue weighted by Gasteiger charge is 2.17. The Bertz CT molecular complexity index is 695. The second-order valence-corrected chi connectivity index (χ2v) is 6.50. The number of hydrogen-bond donors (Lipinski definition) is 2. The molecule has 114 valence electrons. The summed E-state index contributed by atoms with van der Waals surface area (Å²) in [5.74, 6) is 0. The zero-order chi connectivity index (χ0) is 15.3. The topological polar surface area (TPSA) is 76.0 Å². The van der Waals surface area contributed by atoms with Crippen molar-refractivity contribution in [1.29, 1.82) is 0 Å². The third-order valence-corrected chi connectivity index (χ3v) is 4.44. The van der Waals surface area contributed by atoms with E-state index in [1.165, 1.54) is 6.20 Å². The smallest absolute Gasteiger partial charge is 0.265 e. The molecule has 0 bridgehead atoms. The van der Waals surface area contributed by atoms with Gasteiger partial charge in [-0.25, -0.2) is 8.42 Å². The number of benzene rings is 1. The molecular weight excluding hydrogens is 288 g/mol. The molecule has 0 fully saturated rings. The van der Waals surface area contributed by atoms with E-state index in [4.69, 9.17) is 0 Å². The van der Waals surface area contributed by atoms with Crippen LogP contribution in [0.25, 0.3) is 0 Å². The SMILES string of the molecule is CNCCCn1cc(S(=O)(=O)Nc2ccccc2C)cn1. The Hall–Kier alpha value is -1.86. The summed E-state index contributed by atoms with van der Waals surface area (Å²) in [5.41, 5.74) is 1.46. The third-order valence-electron chi connectivity index (χ3n) is 3.12. The highest BCUT2D eigenvalue weighted by Crippen LogP contribution is 2.18. The van der Waals surface area contributed by atoms with Gasteiger partial charge in [-0.2, -0.15) is 5.10 Å². The fourth-order valence-corrected chi connectivity index (χ4v) is 3.00. The molecular formula is C14H20N4O2S. The van der Waals surface area contributed by atoms with E-state index in [0.29, 0.717) is 12.2 Å². The molecule has 6 nitrogen and oxygen atoms in total. The molecule has 7 heteroatoms. The molecule has 0 saturated carbocycles. The fraction of sp³-hybridized carbons (Fsp3) is 0.357. The Labute approximate surface area is 125 Å². The quantitative estimate of drug-likeness (QED) is 0.762. The van der Waals surface area contributed by atoms with Gasteiger partial charge in [0, 0.05) is 12.7 Å². The lowest BCUT2D eigenvalue weighted by Crippen LogP contribution is -2.13. The number of para-hydroxylation sites is 1. The standard InChI is InChI=1S/C14H20N4O2S/c1-12-6-3-4-7-14(12)17-21(19,20)13-10-16-18(11-13)9-5-8-15-2/h3-4,6-7,10-11,15,17H,5,8-9H2,1-2H3. The molecule has 1 heterocycles. The lowest BCUT2D eigenvalue weighted by molar-refractivity contribution is 0.561. The van der Waals surface area contributed by atoms with E-state index in [0.717, 1.165) is 18.5 Å². The summed E-state index contributed by atoms with van der Waals surface area (Å²) < 4.78 is 28.9. The summed E-state index contributed by atoms with van der Waals surface area (Å²) in [4.78, 5) is 0.176. The van der Waals surface area contributed by atoms with Crippen LogP contribution in [0.2, 0.25) is 0 Å². The highest BCUT2D eigenvalue weighted by molar-refractivity contribution is 7.92. The zero-order valence-electron chi connectivity index (χ0n) is 12.2. The number of rotatable bonds is 7. The second kappa shape index (κ2) is 6.73. The average Bonchev–Trinajstić information content (AvgIpc) is 2.91. The minimum Gasteiger partial charge on any atom is -0.320 e. The Kier molecular flexibility index (Phi) is 4.98. The Morgan fingerprint density at radius 1 is 1.29 bits per heavy atom. The molecule has 0 unspecified atom stereocenters. The summed E-state index contributed by atoms with van der Waals surface area (Å²) in [6.45, 7) is 3.41. The first-order valence-electron chi connectivity index (χ1n) is 6.78. The van der Waals surface area contributed by atoms with Gasteiger partial charge >= 0.3 is 0 Å². The predicted octanol–water partition coefficient (Wildman–Crippen LogP) is 1.60. The van der Waals surface area contributed by atoms with Crippen LogP contribution in [0.5, 0.6) is 0 Å². The molecule has 0 aliphatic carbocycles. The molecule has 0 atom stereocenters. The second-order valence-electron chi connectivity index (χ2n) is 4.82. The first-order valence-corrected chi connectivity index (χ1v) is 8.27. The van der Waals surface area contributed by atoms with Crippen LogP contribution in [0.1, 0.15) is 12.0 Å². The fourth-order valence-electron chi connectivity index (χ4n) is 1.91. The number of hydrogen-bond acceptors (Lipinski definition) is 4. The van der Waals surface area contributed by atoms with E-state index in [1.54, 1.807) is 23.0 Å². The Morgan fingerprint density at radius 3 is 2.76 bits per heavy atom. The van der Waals surface area contributed by atoms with E-state index in [1.807, 2.05) is 26.1 Å². The molecule has 0 amide bonds. The van der Waals surface area contributed by atoms with Gasteiger partial charge in [-0.1, -0.05) is 18.2 Å². The Morgan fingerprint density at radius 2 is 2.05 bits per heavy atom. The van der Waals surface area contributed by atoms with Crippen LogP contribution < -0.4 is 10.0 Å². The number of nitrogens with one attached hydrogen (secondary N) is 2. The van der Waals surface area contributed by atoms with E-state index >= 15 is 0 Å². The zero-order valence-corrected chi connectivity index (χ0v) is 13.0. The van der Waals surface area contributed by atoms with Crippen molar-refractivity contribution in [3.05, 3.63) is 42.2 Å². The van der Waals surface area contributed by atoms with Crippen LogP contribution in [-0.2, 0) is 16.6 Å². The van der Waals surface area contributed by atoms with Gasteiger partial charge < -0.3 is 5.32 Å². The summed E-state index contributed by atoms with van der Waals surface area (Å²) >= 11 is 0. The van der Waals surface area contributed by atoms with Crippen LogP contribution in [-0.4, -0.2) is 31.8 Å². The van der Waals surface area contributed by atoms with Crippen LogP contribution in [0, 0.1) is 6.92 Å². The lowest BCUT2D eigenvalue weighted by Gasteiger charge is -2.08. The average molecular weight is 308 g/mol. The summed E-state index contributed by atoms with van der Waals surface area (Å²) in [6, 6.07) is 7.27. The first kappa shape index (κ1) is 15.5. The Balaban J connectivity index is 2.11. The van der Waals surface area contributed by atoms with Crippen molar-refractivity contribution >= 4 is 15.7 Å². The van der Waals surface area contributed by atoms with Gasteiger partial charge in [-0.15, -0.1) is 0 Å². The number of aromatic nitrogens is 2. The maximum Gasteiger partial charge on any atom is 0.265 e. The van der Waals surface area contributed by atoms with Crippen molar-refractivity contribution < 1.29 is 8.42 Å². The molecule has 0 radical (unpaired) electrons. The van der Waals surface area contributed by atoms with Gasteiger partial charge in [0.25, 0.3) is 10.0 Å². The highest BCUT2D eigenvalue weighted by atomic mass is 32.2.